The Labute approximate surface area is 91.3 Å². The van der Waals surface area contributed by atoms with Gasteiger partial charge in [0.05, 0.1) is 5.88 Å². The molecule has 0 spiro atoms. The highest BCUT2D eigenvalue weighted by Crippen LogP contribution is 2.31. The number of carbonyl (C=O) groups excluding carboxylic acids is 1. The molecule has 0 amide bonds. The molecule has 2 rings (SSSR count). The van der Waals surface area contributed by atoms with E-state index in [4.69, 9.17) is 11.6 Å². The van der Waals surface area contributed by atoms with Gasteiger partial charge in [-0.2, -0.15) is 0 Å². The minimum Gasteiger partial charge on any atom is -0.298 e. The lowest BCUT2D eigenvalue weighted by atomic mass is 10.1. The summed E-state index contributed by atoms with van der Waals surface area (Å²) in [5.74, 6) is 0.409. The smallest absolute Gasteiger partial charge is 0.151 e. The normalized spacial score (nSPS) is 10.7. The molecule has 1 nitrogen and oxygen atoms in total. The standard InChI is InChI=1S/C11H9ClOS/c1-7-2-3-8-9(6-13)11(5-12)14-10(8)4-7/h2-4,6H,5H2,1H3. The molecule has 0 unspecified atom stereocenters. The molecular formula is C11H9ClOS. The van der Waals surface area contributed by atoms with Crippen LogP contribution in [0.1, 0.15) is 20.8 Å². The molecule has 0 bridgehead atoms. The topological polar surface area (TPSA) is 17.1 Å². The van der Waals surface area contributed by atoms with E-state index in [1.165, 1.54) is 5.56 Å². The van der Waals surface area contributed by atoms with Crippen LogP contribution in [-0.2, 0) is 5.88 Å². The highest BCUT2D eigenvalue weighted by molar-refractivity contribution is 7.19. The average Bonchev–Trinajstić information content (AvgIpc) is 2.54. The molecule has 1 aromatic heterocycles. The fourth-order valence-electron chi connectivity index (χ4n) is 1.50. The number of fused-ring (bicyclic) bond motifs is 1. The fourth-order valence-corrected chi connectivity index (χ4v) is 2.93. The van der Waals surface area contributed by atoms with Crippen molar-refractivity contribution in [1.29, 1.82) is 0 Å². The number of thiophene rings is 1. The number of carbonyl (C=O) groups is 1. The number of aryl methyl sites for hydroxylation is 1. The first-order valence-corrected chi connectivity index (χ1v) is 5.64. The van der Waals surface area contributed by atoms with Crippen LogP contribution in [-0.4, -0.2) is 6.29 Å². The largest absolute Gasteiger partial charge is 0.298 e. The van der Waals surface area contributed by atoms with E-state index in [-0.39, 0.29) is 0 Å². The molecule has 0 radical (unpaired) electrons. The van der Waals surface area contributed by atoms with Crippen molar-refractivity contribution in [3.05, 3.63) is 34.2 Å². The van der Waals surface area contributed by atoms with E-state index in [9.17, 15) is 4.79 Å². The molecule has 0 saturated carbocycles. The van der Waals surface area contributed by atoms with Crippen molar-refractivity contribution < 1.29 is 4.79 Å². The van der Waals surface area contributed by atoms with Crippen LogP contribution in [0.15, 0.2) is 18.2 Å². The van der Waals surface area contributed by atoms with Gasteiger partial charge in [0, 0.05) is 20.5 Å². The molecule has 3 heteroatoms. The molecule has 0 saturated heterocycles. The summed E-state index contributed by atoms with van der Waals surface area (Å²) in [7, 11) is 0. The quantitative estimate of drug-likeness (QED) is 0.561. The van der Waals surface area contributed by atoms with Gasteiger partial charge in [-0.15, -0.1) is 22.9 Å². The summed E-state index contributed by atoms with van der Waals surface area (Å²) < 4.78 is 1.14. The highest BCUT2D eigenvalue weighted by Gasteiger charge is 2.09. The minimum absolute atomic E-state index is 0.409. The predicted molar refractivity (Wildman–Crippen MR) is 61.5 cm³/mol. The van der Waals surface area contributed by atoms with Crippen LogP contribution >= 0.6 is 22.9 Å². The lowest BCUT2D eigenvalue weighted by molar-refractivity contribution is 0.112. The number of rotatable bonds is 2. The van der Waals surface area contributed by atoms with Gasteiger partial charge in [-0.25, -0.2) is 0 Å². The molecule has 0 atom stereocenters. The molecule has 72 valence electrons. The van der Waals surface area contributed by atoms with Crippen LogP contribution in [0.25, 0.3) is 10.1 Å². The SMILES string of the molecule is Cc1ccc2c(C=O)c(CCl)sc2c1. The molecule has 0 aliphatic carbocycles. The van der Waals surface area contributed by atoms with Gasteiger partial charge in [-0.1, -0.05) is 12.1 Å². The zero-order valence-corrected chi connectivity index (χ0v) is 9.28. The van der Waals surface area contributed by atoms with E-state index in [0.717, 1.165) is 26.8 Å². The summed E-state index contributed by atoms with van der Waals surface area (Å²) in [5.41, 5.74) is 1.96. The van der Waals surface area contributed by atoms with Crippen molar-refractivity contribution in [2.45, 2.75) is 12.8 Å². The van der Waals surface area contributed by atoms with Gasteiger partial charge < -0.3 is 0 Å². The van der Waals surface area contributed by atoms with Gasteiger partial charge in [-0.3, -0.25) is 4.79 Å². The second kappa shape index (κ2) is 3.71. The summed E-state index contributed by atoms with van der Waals surface area (Å²) in [6.07, 6.45) is 0.895. The van der Waals surface area contributed by atoms with Gasteiger partial charge >= 0.3 is 0 Å². The van der Waals surface area contributed by atoms with Crippen molar-refractivity contribution in [3.8, 4) is 0 Å². The lowest BCUT2D eigenvalue weighted by Crippen LogP contribution is -1.81. The number of hydrogen-bond acceptors (Lipinski definition) is 2. The first kappa shape index (κ1) is 9.69. The molecular weight excluding hydrogens is 216 g/mol. The molecule has 1 aromatic carbocycles. The second-order valence-electron chi connectivity index (χ2n) is 3.19. The Morgan fingerprint density at radius 2 is 2.29 bits per heavy atom. The van der Waals surface area contributed by atoms with E-state index >= 15 is 0 Å². The summed E-state index contributed by atoms with van der Waals surface area (Å²) >= 11 is 7.37. The van der Waals surface area contributed by atoms with Crippen LogP contribution in [0.2, 0.25) is 0 Å². The van der Waals surface area contributed by atoms with Gasteiger partial charge in [0.1, 0.15) is 0 Å². The first-order chi connectivity index (χ1) is 6.76. The van der Waals surface area contributed by atoms with Crippen LogP contribution in [0, 0.1) is 6.92 Å². The summed E-state index contributed by atoms with van der Waals surface area (Å²) in [6.45, 7) is 2.04. The van der Waals surface area contributed by atoms with Crippen LogP contribution in [0.5, 0.6) is 0 Å². The van der Waals surface area contributed by atoms with E-state index in [2.05, 4.69) is 6.07 Å². The van der Waals surface area contributed by atoms with Gasteiger partial charge in [0.25, 0.3) is 0 Å². The monoisotopic (exact) mass is 224 g/mol. The lowest BCUT2D eigenvalue weighted by Gasteiger charge is -1.92. The Morgan fingerprint density at radius 1 is 1.50 bits per heavy atom. The van der Waals surface area contributed by atoms with Gasteiger partial charge in [0.2, 0.25) is 0 Å². The molecule has 2 aromatic rings. The summed E-state index contributed by atoms with van der Waals surface area (Å²) in [6, 6.07) is 6.09. The number of hydrogen-bond donors (Lipinski definition) is 0. The van der Waals surface area contributed by atoms with E-state index in [1.54, 1.807) is 11.3 Å². The third kappa shape index (κ3) is 1.45. The van der Waals surface area contributed by atoms with Crippen LogP contribution < -0.4 is 0 Å². The van der Waals surface area contributed by atoms with Crippen LogP contribution in [0.3, 0.4) is 0 Å². The summed E-state index contributed by atoms with van der Waals surface area (Å²) in [5, 5.41) is 1.02. The molecule has 1 heterocycles. The van der Waals surface area contributed by atoms with Crippen molar-refractivity contribution >= 4 is 39.3 Å². The number of halogens is 1. The van der Waals surface area contributed by atoms with Crippen molar-refractivity contribution in [2.75, 3.05) is 0 Å². The molecule has 0 aliphatic heterocycles. The first-order valence-electron chi connectivity index (χ1n) is 4.29. The average molecular weight is 225 g/mol. The molecule has 0 N–H and O–H groups in total. The number of alkyl halides is 1. The Kier molecular flexibility index (Phi) is 2.57. The minimum atomic E-state index is 0.409. The zero-order valence-electron chi connectivity index (χ0n) is 7.71. The predicted octanol–water partition coefficient (Wildman–Crippen LogP) is 3.76. The Hall–Kier alpha value is -0.860. The summed E-state index contributed by atoms with van der Waals surface area (Å²) in [4.78, 5) is 11.9. The Balaban J connectivity index is 2.79. The number of aldehydes is 1. The zero-order chi connectivity index (χ0) is 10.1. The van der Waals surface area contributed by atoms with E-state index < -0.39 is 0 Å². The Bertz CT molecular complexity index is 487. The number of benzene rings is 1. The molecule has 14 heavy (non-hydrogen) atoms. The third-order valence-corrected chi connectivity index (χ3v) is 3.79. The van der Waals surface area contributed by atoms with Crippen molar-refractivity contribution in [2.24, 2.45) is 0 Å². The second-order valence-corrected chi connectivity index (χ2v) is 4.59. The maximum absolute atomic E-state index is 10.9. The van der Waals surface area contributed by atoms with E-state index in [0.29, 0.717) is 5.88 Å². The van der Waals surface area contributed by atoms with Crippen molar-refractivity contribution in [1.82, 2.24) is 0 Å². The molecule has 0 aliphatic rings. The van der Waals surface area contributed by atoms with Gasteiger partial charge in [0.15, 0.2) is 6.29 Å². The maximum Gasteiger partial charge on any atom is 0.151 e. The maximum atomic E-state index is 10.9. The van der Waals surface area contributed by atoms with Crippen LogP contribution in [0.4, 0.5) is 0 Å². The fraction of sp³-hybridized carbons (Fsp3) is 0.182. The van der Waals surface area contributed by atoms with Gasteiger partial charge in [-0.05, 0) is 18.6 Å². The third-order valence-electron chi connectivity index (χ3n) is 2.20. The molecule has 0 fully saturated rings. The highest BCUT2D eigenvalue weighted by atomic mass is 35.5. The van der Waals surface area contributed by atoms with E-state index in [1.807, 2.05) is 19.1 Å². The Morgan fingerprint density at radius 3 is 2.93 bits per heavy atom. The van der Waals surface area contributed by atoms with Crippen molar-refractivity contribution in [3.63, 3.8) is 0 Å².